The van der Waals surface area contributed by atoms with Crippen molar-refractivity contribution in [2.24, 2.45) is 0 Å². The summed E-state index contributed by atoms with van der Waals surface area (Å²) in [6.07, 6.45) is 0. The molecule has 1 aliphatic rings. The number of aromatic nitrogens is 2. The van der Waals surface area contributed by atoms with E-state index >= 15 is 0 Å². The molecule has 2 heterocycles. The van der Waals surface area contributed by atoms with Crippen LogP contribution in [0.1, 0.15) is 15.9 Å². The van der Waals surface area contributed by atoms with Crippen LogP contribution in [-0.2, 0) is 17.9 Å². The molecule has 7 heteroatoms. The predicted octanol–water partition coefficient (Wildman–Crippen LogP) is 1.79. The van der Waals surface area contributed by atoms with Gasteiger partial charge in [-0.25, -0.2) is 4.68 Å². The highest BCUT2D eigenvalue weighted by molar-refractivity contribution is 6.00. The Morgan fingerprint density at radius 2 is 1.89 bits per heavy atom. The third-order valence-corrected chi connectivity index (χ3v) is 4.31. The van der Waals surface area contributed by atoms with Gasteiger partial charge in [0.1, 0.15) is 6.54 Å². The molecule has 1 aromatic heterocycles. The number of carbonyl (C=O) groups excluding carboxylic acids is 2. The first kappa shape index (κ1) is 16.7. The second-order valence-corrected chi connectivity index (χ2v) is 6.18. The second kappa shape index (κ2) is 6.87. The van der Waals surface area contributed by atoms with E-state index in [2.05, 4.69) is 15.7 Å². The van der Waals surface area contributed by atoms with Gasteiger partial charge >= 0.3 is 0 Å². The molecule has 27 heavy (non-hydrogen) atoms. The minimum Gasteiger partial charge on any atom is -0.348 e. The fourth-order valence-electron chi connectivity index (χ4n) is 2.95. The SMILES string of the molecule is O=C(Cn1nc(-c2ccccc2)ccc1=O)Nc1ccc2c(c1)C(=O)NC2. The molecular formula is C20H16N4O3. The van der Waals surface area contributed by atoms with E-state index in [1.54, 1.807) is 24.3 Å². The number of benzene rings is 2. The van der Waals surface area contributed by atoms with E-state index in [0.29, 0.717) is 23.5 Å². The standard InChI is InChI=1S/C20H16N4O3/c25-18(22-15-7-6-14-11-21-20(27)16(14)10-15)12-24-19(26)9-8-17(23-24)13-4-2-1-3-5-13/h1-10H,11-12H2,(H,21,27)(H,22,25). The van der Waals surface area contributed by atoms with Gasteiger partial charge < -0.3 is 10.6 Å². The van der Waals surface area contributed by atoms with E-state index in [0.717, 1.165) is 15.8 Å². The molecule has 3 aromatic rings. The lowest BCUT2D eigenvalue weighted by molar-refractivity contribution is -0.117. The molecule has 0 saturated carbocycles. The van der Waals surface area contributed by atoms with Gasteiger partial charge in [-0.2, -0.15) is 5.10 Å². The number of carbonyl (C=O) groups is 2. The number of amides is 2. The fourth-order valence-corrected chi connectivity index (χ4v) is 2.95. The maximum atomic E-state index is 12.4. The van der Waals surface area contributed by atoms with Crippen LogP contribution in [0.2, 0.25) is 0 Å². The second-order valence-electron chi connectivity index (χ2n) is 6.18. The zero-order valence-electron chi connectivity index (χ0n) is 14.3. The molecule has 2 aromatic carbocycles. The number of hydrogen-bond acceptors (Lipinski definition) is 4. The first-order valence-electron chi connectivity index (χ1n) is 8.45. The molecule has 0 atom stereocenters. The van der Waals surface area contributed by atoms with Gasteiger partial charge in [0.2, 0.25) is 5.91 Å². The van der Waals surface area contributed by atoms with Gasteiger partial charge in [-0.05, 0) is 23.8 Å². The zero-order valence-corrected chi connectivity index (χ0v) is 14.3. The van der Waals surface area contributed by atoms with Crippen molar-refractivity contribution in [1.29, 1.82) is 0 Å². The summed E-state index contributed by atoms with van der Waals surface area (Å²) in [6.45, 7) is 0.275. The van der Waals surface area contributed by atoms with Crippen molar-refractivity contribution in [1.82, 2.24) is 15.1 Å². The van der Waals surface area contributed by atoms with Crippen LogP contribution in [-0.4, -0.2) is 21.6 Å². The number of rotatable bonds is 4. The van der Waals surface area contributed by atoms with Gasteiger partial charge in [-0.1, -0.05) is 36.4 Å². The summed E-state index contributed by atoms with van der Waals surface area (Å²) in [5.74, 6) is -0.553. The predicted molar refractivity (Wildman–Crippen MR) is 100 cm³/mol. The maximum absolute atomic E-state index is 12.4. The molecule has 0 radical (unpaired) electrons. The van der Waals surface area contributed by atoms with Crippen LogP contribution in [0.3, 0.4) is 0 Å². The van der Waals surface area contributed by atoms with Gasteiger partial charge in [0.15, 0.2) is 0 Å². The molecule has 134 valence electrons. The molecule has 0 fully saturated rings. The van der Waals surface area contributed by atoms with Crippen molar-refractivity contribution < 1.29 is 9.59 Å². The van der Waals surface area contributed by atoms with E-state index in [-0.39, 0.29) is 18.0 Å². The van der Waals surface area contributed by atoms with Crippen molar-refractivity contribution >= 4 is 17.5 Å². The average Bonchev–Trinajstić information content (AvgIpc) is 3.05. The summed E-state index contributed by atoms with van der Waals surface area (Å²) < 4.78 is 1.12. The summed E-state index contributed by atoms with van der Waals surface area (Å²) in [7, 11) is 0. The lowest BCUT2D eigenvalue weighted by Gasteiger charge is -2.09. The van der Waals surface area contributed by atoms with Crippen molar-refractivity contribution in [3.63, 3.8) is 0 Å². The topological polar surface area (TPSA) is 93.1 Å². The van der Waals surface area contributed by atoms with E-state index in [1.165, 1.54) is 6.07 Å². The minimum atomic E-state index is -0.395. The maximum Gasteiger partial charge on any atom is 0.267 e. The summed E-state index contributed by atoms with van der Waals surface area (Å²) in [5.41, 5.74) is 3.05. The van der Waals surface area contributed by atoms with E-state index in [9.17, 15) is 14.4 Å². The highest BCUT2D eigenvalue weighted by Gasteiger charge is 2.19. The van der Waals surface area contributed by atoms with Gasteiger partial charge in [0.05, 0.1) is 5.69 Å². The Kier molecular flexibility index (Phi) is 4.25. The largest absolute Gasteiger partial charge is 0.348 e. The van der Waals surface area contributed by atoms with Gasteiger partial charge in [0.25, 0.3) is 11.5 Å². The molecule has 2 N–H and O–H groups in total. The Hall–Kier alpha value is -3.74. The molecule has 0 saturated heterocycles. The summed E-state index contributed by atoms with van der Waals surface area (Å²) >= 11 is 0. The molecule has 0 aliphatic carbocycles. The monoisotopic (exact) mass is 360 g/mol. The number of nitrogens with one attached hydrogen (secondary N) is 2. The molecule has 4 rings (SSSR count). The highest BCUT2D eigenvalue weighted by Crippen LogP contribution is 2.20. The Bertz CT molecular complexity index is 1090. The highest BCUT2D eigenvalue weighted by atomic mass is 16.2. The third kappa shape index (κ3) is 3.48. The molecule has 7 nitrogen and oxygen atoms in total. The van der Waals surface area contributed by atoms with Crippen molar-refractivity contribution in [3.8, 4) is 11.3 Å². The Balaban J connectivity index is 1.52. The number of hydrogen-bond donors (Lipinski definition) is 2. The van der Waals surface area contributed by atoms with E-state index < -0.39 is 5.91 Å². The lowest BCUT2D eigenvalue weighted by atomic mass is 10.1. The average molecular weight is 360 g/mol. The van der Waals surface area contributed by atoms with Crippen LogP contribution >= 0.6 is 0 Å². The van der Waals surface area contributed by atoms with Gasteiger partial charge in [-0.15, -0.1) is 0 Å². The summed E-state index contributed by atoms with van der Waals surface area (Å²) in [5, 5.41) is 9.71. The fraction of sp³-hybridized carbons (Fsp3) is 0.100. The summed E-state index contributed by atoms with van der Waals surface area (Å²) in [4.78, 5) is 36.1. The van der Waals surface area contributed by atoms with E-state index in [1.807, 2.05) is 30.3 Å². The molecular weight excluding hydrogens is 344 g/mol. The van der Waals surface area contributed by atoms with Crippen LogP contribution in [0, 0.1) is 0 Å². The van der Waals surface area contributed by atoms with E-state index in [4.69, 9.17) is 0 Å². The first-order valence-corrected chi connectivity index (χ1v) is 8.45. The Morgan fingerprint density at radius 1 is 1.07 bits per heavy atom. The van der Waals surface area contributed by atoms with Crippen LogP contribution in [0.4, 0.5) is 5.69 Å². The quantitative estimate of drug-likeness (QED) is 0.742. The Morgan fingerprint density at radius 3 is 2.70 bits per heavy atom. The Labute approximate surface area is 154 Å². The smallest absolute Gasteiger partial charge is 0.267 e. The third-order valence-electron chi connectivity index (χ3n) is 4.31. The van der Waals surface area contributed by atoms with Crippen molar-refractivity contribution in [2.45, 2.75) is 13.1 Å². The van der Waals surface area contributed by atoms with Gasteiger partial charge in [0, 0.05) is 29.4 Å². The number of fused-ring (bicyclic) bond motifs is 1. The normalized spacial score (nSPS) is 12.4. The van der Waals surface area contributed by atoms with Crippen molar-refractivity contribution in [2.75, 3.05) is 5.32 Å². The van der Waals surface area contributed by atoms with Crippen LogP contribution in [0.25, 0.3) is 11.3 Å². The molecule has 0 unspecified atom stereocenters. The van der Waals surface area contributed by atoms with Gasteiger partial charge in [-0.3, -0.25) is 14.4 Å². The minimum absolute atomic E-state index is 0.158. The zero-order chi connectivity index (χ0) is 18.8. The first-order chi connectivity index (χ1) is 13.1. The molecule has 0 spiro atoms. The lowest BCUT2D eigenvalue weighted by Crippen LogP contribution is -2.29. The number of nitrogens with zero attached hydrogens (tertiary/aromatic N) is 2. The van der Waals surface area contributed by atoms with Crippen molar-refractivity contribution in [3.05, 3.63) is 82.1 Å². The number of anilines is 1. The van der Waals surface area contributed by atoms with Crippen LogP contribution in [0.5, 0.6) is 0 Å². The van der Waals surface area contributed by atoms with Crippen LogP contribution < -0.4 is 16.2 Å². The summed E-state index contributed by atoms with van der Waals surface area (Å²) in [6, 6.07) is 17.6. The molecule has 1 aliphatic heterocycles. The van der Waals surface area contributed by atoms with Crippen LogP contribution in [0.15, 0.2) is 65.5 Å². The molecule has 0 bridgehead atoms. The molecule has 2 amide bonds.